The Morgan fingerprint density at radius 2 is 1.45 bits per heavy atom. The number of ether oxygens (including phenoxy) is 1. The highest BCUT2D eigenvalue weighted by Gasteiger charge is 2.22. The number of alkyl halides is 2. The summed E-state index contributed by atoms with van der Waals surface area (Å²) in [4.78, 5) is 0. The molecule has 0 unspecified atom stereocenters. The number of halogens is 5. The van der Waals surface area contributed by atoms with Crippen molar-refractivity contribution >= 4 is 10.8 Å². The monoisotopic (exact) mass is 532 g/mol. The second-order valence-corrected chi connectivity index (χ2v) is 10.8. The Kier molecular flexibility index (Phi) is 10.0. The van der Waals surface area contributed by atoms with Crippen LogP contribution in [0.25, 0.3) is 21.9 Å². The number of fused-ring (bicyclic) bond motifs is 1. The van der Waals surface area contributed by atoms with Crippen molar-refractivity contribution in [3.63, 3.8) is 0 Å². The zero-order chi connectivity index (χ0) is 27.1. The number of hydrogen-bond donors (Lipinski definition) is 0. The first-order valence-electron chi connectivity index (χ1n) is 14.0. The fourth-order valence-electron chi connectivity index (χ4n) is 5.85. The zero-order valence-electron chi connectivity index (χ0n) is 22.1. The summed E-state index contributed by atoms with van der Waals surface area (Å²) in [6.07, 6.45) is 15.4. The van der Waals surface area contributed by atoms with Crippen LogP contribution in [0.4, 0.5) is 22.0 Å². The molecular weight excluding hydrogens is 495 g/mol. The molecule has 1 aliphatic rings. The first kappa shape index (κ1) is 28.4. The largest absolute Gasteiger partial charge is 0.429 e. The highest BCUT2D eigenvalue weighted by Crippen LogP contribution is 2.36. The topological polar surface area (TPSA) is 9.23 Å². The molecule has 0 aliphatic heterocycles. The molecule has 6 heteroatoms. The van der Waals surface area contributed by atoms with Gasteiger partial charge in [0.1, 0.15) is 5.82 Å². The smallest absolute Gasteiger partial charge is 0.387 e. The molecule has 0 amide bonds. The van der Waals surface area contributed by atoms with Crippen LogP contribution in [-0.2, 0) is 6.42 Å². The molecule has 0 saturated heterocycles. The summed E-state index contributed by atoms with van der Waals surface area (Å²) in [5.41, 5.74) is 1.06. The summed E-state index contributed by atoms with van der Waals surface area (Å²) in [5.74, 6) is -2.77. The summed E-state index contributed by atoms with van der Waals surface area (Å²) in [6, 6.07) is 10.4. The van der Waals surface area contributed by atoms with E-state index in [-0.39, 0.29) is 11.1 Å². The van der Waals surface area contributed by atoms with E-state index in [4.69, 9.17) is 0 Å². The Bertz CT molecular complexity index is 1180. The number of benzene rings is 3. The predicted molar refractivity (Wildman–Crippen MR) is 143 cm³/mol. The lowest BCUT2D eigenvalue weighted by Crippen LogP contribution is -2.15. The molecule has 1 nitrogen and oxygen atoms in total. The van der Waals surface area contributed by atoms with Gasteiger partial charge in [0, 0.05) is 10.9 Å². The van der Waals surface area contributed by atoms with Crippen LogP contribution < -0.4 is 4.74 Å². The van der Waals surface area contributed by atoms with Crippen LogP contribution in [0, 0.1) is 29.3 Å². The molecule has 0 aromatic heterocycles. The van der Waals surface area contributed by atoms with E-state index in [0.29, 0.717) is 10.8 Å². The fourth-order valence-corrected chi connectivity index (χ4v) is 5.85. The van der Waals surface area contributed by atoms with Crippen LogP contribution in [0.3, 0.4) is 0 Å². The van der Waals surface area contributed by atoms with Crippen LogP contribution in [-0.4, -0.2) is 6.61 Å². The molecule has 1 aliphatic carbocycles. The van der Waals surface area contributed by atoms with E-state index in [2.05, 4.69) is 11.7 Å². The van der Waals surface area contributed by atoms with E-state index in [0.717, 1.165) is 42.4 Å². The van der Waals surface area contributed by atoms with E-state index < -0.39 is 29.8 Å². The third kappa shape index (κ3) is 7.27. The van der Waals surface area contributed by atoms with Gasteiger partial charge in [-0.2, -0.15) is 8.78 Å². The van der Waals surface area contributed by atoms with Gasteiger partial charge in [-0.1, -0.05) is 101 Å². The molecule has 4 rings (SSSR count). The molecule has 0 heterocycles. The average molecular weight is 533 g/mol. The predicted octanol–water partition coefficient (Wildman–Crippen LogP) is 10.6. The molecule has 0 atom stereocenters. The molecule has 0 radical (unpaired) electrons. The standard InChI is InChI=1S/C32H37F5O/c1-2-3-4-5-6-7-21-8-10-22(11-9-21)12-13-23-14-16-26-24(18-23)15-17-27(30(26)35)25-19-28(33)31(29(34)20-25)38-32(36)37/h14-22,32H,2-13H2,1H3/t21-,22-. The lowest BCUT2D eigenvalue weighted by molar-refractivity contribution is -0.0546. The van der Waals surface area contributed by atoms with Gasteiger partial charge in [0.05, 0.1) is 0 Å². The lowest BCUT2D eigenvalue weighted by atomic mass is 9.77. The van der Waals surface area contributed by atoms with Gasteiger partial charge >= 0.3 is 6.61 Å². The van der Waals surface area contributed by atoms with Gasteiger partial charge in [0.15, 0.2) is 17.4 Å². The minimum atomic E-state index is -3.36. The highest BCUT2D eigenvalue weighted by molar-refractivity contribution is 5.88. The molecular formula is C32H37F5O. The Morgan fingerprint density at radius 1 is 0.789 bits per heavy atom. The van der Waals surface area contributed by atoms with Crippen molar-refractivity contribution < 1.29 is 26.7 Å². The normalized spacial score (nSPS) is 17.9. The number of rotatable bonds is 12. The number of aryl methyl sites for hydroxylation is 1. The van der Waals surface area contributed by atoms with E-state index in [1.807, 2.05) is 12.1 Å². The van der Waals surface area contributed by atoms with Crippen molar-refractivity contribution in [2.75, 3.05) is 0 Å². The number of unbranched alkanes of at least 4 members (excludes halogenated alkanes) is 4. The zero-order valence-corrected chi connectivity index (χ0v) is 22.1. The Balaban J connectivity index is 1.35. The van der Waals surface area contributed by atoms with Gasteiger partial charge in [-0.25, -0.2) is 13.2 Å². The van der Waals surface area contributed by atoms with Crippen molar-refractivity contribution in [2.45, 2.75) is 90.6 Å². The first-order chi connectivity index (χ1) is 18.4. The molecule has 0 spiro atoms. The summed E-state index contributed by atoms with van der Waals surface area (Å²) >= 11 is 0. The number of hydrogen-bond acceptors (Lipinski definition) is 1. The lowest BCUT2D eigenvalue weighted by Gasteiger charge is -2.28. The van der Waals surface area contributed by atoms with Crippen molar-refractivity contribution in [1.82, 2.24) is 0 Å². The summed E-state index contributed by atoms with van der Waals surface area (Å²) in [6.45, 7) is -1.11. The minimum Gasteiger partial charge on any atom is -0.429 e. The van der Waals surface area contributed by atoms with Crippen molar-refractivity contribution in [3.05, 3.63) is 65.5 Å². The maximum atomic E-state index is 15.3. The van der Waals surface area contributed by atoms with Crippen molar-refractivity contribution in [1.29, 1.82) is 0 Å². The van der Waals surface area contributed by atoms with Crippen LogP contribution in [0.15, 0.2) is 42.5 Å². The van der Waals surface area contributed by atoms with Crippen LogP contribution in [0.1, 0.15) is 83.1 Å². The van der Waals surface area contributed by atoms with Crippen LogP contribution >= 0.6 is 0 Å². The summed E-state index contributed by atoms with van der Waals surface area (Å²) < 4.78 is 72.4. The first-order valence-corrected chi connectivity index (χ1v) is 14.0. The molecule has 1 fully saturated rings. The molecule has 38 heavy (non-hydrogen) atoms. The van der Waals surface area contributed by atoms with Gasteiger partial charge in [-0.15, -0.1) is 0 Å². The van der Waals surface area contributed by atoms with E-state index in [1.165, 1.54) is 70.3 Å². The van der Waals surface area contributed by atoms with Gasteiger partial charge in [0.25, 0.3) is 0 Å². The second-order valence-electron chi connectivity index (χ2n) is 10.8. The fraction of sp³-hybridized carbons (Fsp3) is 0.500. The summed E-state index contributed by atoms with van der Waals surface area (Å²) in [7, 11) is 0. The molecule has 3 aromatic carbocycles. The Hall–Kier alpha value is -2.63. The molecule has 206 valence electrons. The van der Waals surface area contributed by atoms with Gasteiger partial charge in [-0.05, 0) is 53.3 Å². The highest BCUT2D eigenvalue weighted by atomic mass is 19.3. The molecule has 0 N–H and O–H groups in total. The van der Waals surface area contributed by atoms with Gasteiger partial charge in [0.2, 0.25) is 0 Å². The molecule has 0 bridgehead atoms. The second kappa shape index (κ2) is 13.4. The van der Waals surface area contributed by atoms with Crippen molar-refractivity contribution in [3.8, 4) is 16.9 Å². The Morgan fingerprint density at radius 3 is 2.11 bits per heavy atom. The van der Waals surface area contributed by atoms with E-state index in [1.54, 1.807) is 12.1 Å². The van der Waals surface area contributed by atoms with Crippen LogP contribution in [0.2, 0.25) is 0 Å². The van der Waals surface area contributed by atoms with E-state index >= 15 is 4.39 Å². The maximum Gasteiger partial charge on any atom is 0.387 e. The van der Waals surface area contributed by atoms with Gasteiger partial charge < -0.3 is 4.74 Å². The molecule has 1 saturated carbocycles. The summed E-state index contributed by atoms with van der Waals surface area (Å²) in [5, 5.41) is 1.06. The molecule has 3 aromatic rings. The van der Waals surface area contributed by atoms with Crippen LogP contribution in [0.5, 0.6) is 5.75 Å². The Labute approximate surface area is 222 Å². The maximum absolute atomic E-state index is 15.3. The van der Waals surface area contributed by atoms with Gasteiger partial charge in [-0.3, -0.25) is 0 Å². The SMILES string of the molecule is CCCCCCC[C@H]1CC[C@H](CCc2ccc3c(F)c(-c4cc(F)c(OC(F)F)c(F)c4)ccc3c2)CC1. The minimum absolute atomic E-state index is 0.00577. The third-order valence-corrected chi connectivity index (χ3v) is 8.06. The van der Waals surface area contributed by atoms with E-state index in [9.17, 15) is 17.6 Å². The quantitative estimate of drug-likeness (QED) is 0.166. The van der Waals surface area contributed by atoms with Crippen molar-refractivity contribution in [2.24, 2.45) is 11.8 Å². The average Bonchev–Trinajstić information content (AvgIpc) is 2.90. The third-order valence-electron chi connectivity index (χ3n) is 8.06.